The van der Waals surface area contributed by atoms with E-state index in [1.54, 1.807) is 30.6 Å². The first-order chi connectivity index (χ1) is 15.9. The molecule has 3 aromatic rings. The average molecular weight is 473 g/mol. The zero-order chi connectivity index (χ0) is 24.0. The highest BCUT2D eigenvalue weighted by atomic mass is 32.1. The lowest BCUT2D eigenvalue weighted by atomic mass is 9.90. The van der Waals surface area contributed by atoms with E-state index in [0.717, 1.165) is 33.6 Å². The molecule has 0 spiro atoms. The first-order valence-corrected chi connectivity index (χ1v) is 12.2. The summed E-state index contributed by atoms with van der Waals surface area (Å²) in [6.45, 7) is 5.91. The molecule has 1 saturated heterocycles. The summed E-state index contributed by atoms with van der Waals surface area (Å²) >= 11 is 1.69. The van der Waals surface area contributed by atoms with Gasteiger partial charge in [0.05, 0.1) is 18.8 Å². The van der Waals surface area contributed by atoms with Crippen molar-refractivity contribution in [3.05, 3.63) is 82.0 Å². The van der Waals surface area contributed by atoms with E-state index >= 15 is 0 Å². The monoisotopic (exact) mass is 472 g/mol. The van der Waals surface area contributed by atoms with Crippen LogP contribution in [0, 0.1) is 12.7 Å². The van der Waals surface area contributed by atoms with Crippen LogP contribution in [-0.4, -0.2) is 36.1 Å². The Kier molecular flexibility index (Phi) is 8.79. The van der Waals surface area contributed by atoms with E-state index in [4.69, 9.17) is 9.47 Å². The molecule has 2 aromatic carbocycles. The zero-order valence-corrected chi connectivity index (χ0v) is 20.5. The van der Waals surface area contributed by atoms with Crippen LogP contribution in [0.1, 0.15) is 48.3 Å². The van der Waals surface area contributed by atoms with Crippen LogP contribution in [0.25, 0.3) is 10.4 Å². The van der Waals surface area contributed by atoms with Gasteiger partial charge in [-0.3, -0.25) is 0 Å². The van der Waals surface area contributed by atoms with Gasteiger partial charge < -0.3 is 19.7 Å². The molecular formula is C27H33FO4S. The summed E-state index contributed by atoms with van der Waals surface area (Å²) in [4.78, 5) is 2.30. The average Bonchev–Trinajstić information content (AvgIpc) is 3.30. The maximum absolute atomic E-state index is 13.2. The highest BCUT2D eigenvalue weighted by molar-refractivity contribution is 7.15. The zero-order valence-electron chi connectivity index (χ0n) is 19.7. The van der Waals surface area contributed by atoms with Gasteiger partial charge in [-0.05, 0) is 53.9 Å². The van der Waals surface area contributed by atoms with E-state index < -0.39 is 18.0 Å². The topological polar surface area (TPSA) is 58.9 Å². The fourth-order valence-electron chi connectivity index (χ4n) is 4.14. The molecule has 3 atom stereocenters. The fraction of sp³-hybridized carbons (Fsp3) is 0.407. The van der Waals surface area contributed by atoms with E-state index in [-0.39, 0.29) is 12.4 Å². The summed E-state index contributed by atoms with van der Waals surface area (Å²) in [5.41, 5.74) is 4.14. The lowest BCUT2D eigenvalue weighted by Crippen LogP contribution is -2.46. The number of hydrogen-bond acceptors (Lipinski definition) is 5. The predicted molar refractivity (Wildman–Crippen MR) is 131 cm³/mol. The Morgan fingerprint density at radius 1 is 1.12 bits per heavy atom. The minimum atomic E-state index is -1.08. The van der Waals surface area contributed by atoms with Crippen molar-refractivity contribution < 1.29 is 24.1 Å². The molecular weight excluding hydrogens is 439 g/mol. The Labute approximate surface area is 199 Å². The third-order valence-corrected chi connectivity index (χ3v) is 7.01. The van der Waals surface area contributed by atoms with Crippen molar-refractivity contribution in [2.24, 2.45) is 0 Å². The van der Waals surface area contributed by atoms with Crippen molar-refractivity contribution in [3.8, 4) is 10.4 Å². The van der Waals surface area contributed by atoms with E-state index in [2.05, 4.69) is 25.1 Å². The Bertz CT molecular complexity index is 1030. The van der Waals surface area contributed by atoms with Crippen molar-refractivity contribution in [1.29, 1.82) is 0 Å². The van der Waals surface area contributed by atoms with Crippen LogP contribution in [-0.2, 0) is 21.7 Å². The van der Waals surface area contributed by atoms with Gasteiger partial charge in [-0.1, -0.05) is 38.1 Å². The Balaban J connectivity index is 0.00000149. The van der Waals surface area contributed by atoms with Gasteiger partial charge in [0.15, 0.2) is 5.79 Å². The minimum Gasteiger partial charge on any atom is -0.394 e. The standard InChI is InChI=1S/C25H27FO4S.C2H6/c1-16-3-6-19(25(29-2)14-21(28)13-22(15-27)30-25)11-18(16)12-23-9-10-24(31-23)17-4-7-20(26)8-5-17;1-2/h3-11,21-22,27-28H,12-15H2,1-2H3;1-2H3. The van der Waals surface area contributed by atoms with Gasteiger partial charge in [0.25, 0.3) is 0 Å². The summed E-state index contributed by atoms with van der Waals surface area (Å²) in [6.07, 6.45) is 0.380. The van der Waals surface area contributed by atoms with Gasteiger partial charge in [-0.2, -0.15) is 0 Å². The van der Waals surface area contributed by atoms with Gasteiger partial charge in [-0.25, -0.2) is 4.39 Å². The van der Waals surface area contributed by atoms with Crippen molar-refractivity contribution in [1.82, 2.24) is 0 Å². The number of aliphatic hydroxyl groups excluding tert-OH is 2. The largest absolute Gasteiger partial charge is 0.394 e. The molecule has 1 aromatic heterocycles. The molecule has 1 fully saturated rings. The number of aryl methyl sites for hydroxylation is 1. The molecule has 178 valence electrons. The highest BCUT2D eigenvalue weighted by Crippen LogP contribution is 2.39. The number of rotatable bonds is 6. The molecule has 3 unspecified atom stereocenters. The van der Waals surface area contributed by atoms with Crippen LogP contribution in [0.3, 0.4) is 0 Å². The fourth-order valence-corrected chi connectivity index (χ4v) is 5.17. The normalized spacial score (nSPS) is 22.5. The van der Waals surface area contributed by atoms with Crippen molar-refractivity contribution in [3.63, 3.8) is 0 Å². The summed E-state index contributed by atoms with van der Waals surface area (Å²) in [7, 11) is 1.57. The number of aliphatic hydroxyl groups is 2. The first-order valence-electron chi connectivity index (χ1n) is 11.4. The molecule has 0 saturated carbocycles. The SMILES string of the molecule is CC.COC1(c2ccc(C)c(Cc3ccc(-c4ccc(F)cc4)s3)c2)CC(O)CC(CO)O1. The van der Waals surface area contributed by atoms with E-state index in [0.29, 0.717) is 12.8 Å². The lowest BCUT2D eigenvalue weighted by molar-refractivity contribution is -0.298. The van der Waals surface area contributed by atoms with E-state index in [1.165, 1.54) is 17.0 Å². The van der Waals surface area contributed by atoms with Gasteiger partial charge in [0.1, 0.15) is 5.82 Å². The predicted octanol–water partition coefficient (Wildman–Crippen LogP) is 5.81. The second-order valence-electron chi connectivity index (χ2n) is 8.06. The third-order valence-electron chi connectivity index (χ3n) is 5.87. The van der Waals surface area contributed by atoms with Crippen LogP contribution in [0.5, 0.6) is 0 Å². The number of hydrogen-bond donors (Lipinski definition) is 2. The van der Waals surface area contributed by atoms with Gasteiger partial charge in [0, 0.05) is 41.7 Å². The molecule has 0 bridgehead atoms. The van der Waals surface area contributed by atoms with Gasteiger partial charge >= 0.3 is 0 Å². The molecule has 4 nitrogen and oxygen atoms in total. The second kappa shape index (κ2) is 11.4. The summed E-state index contributed by atoms with van der Waals surface area (Å²) in [5.74, 6) is -1.32. The molecule has 1 aliphatic rings. The smallest absolute Gasteiger partial charge is 0.197 e. The molecule has 1 aliphatic heterocycles. The van der Waals surface area contributed by atoms with Gasteiger partial charge in [-0.15, -0.1) is 11.3 Å². The molecule has 4 rings (SSSR count). The molecule has 0 radical (unpaired) electrons. The first kappa shape index (κ1) is 25.5. The van der Waals surface area contributed by atoms with Crippen molar-refractivity contribution in [2.75, 3.05) is 13.7 Å². The summed E-state index contributed by atoms with van der Waals surface area (Å²) in [6, 6.07) is 16.8. The summed E-state index contributed by atoms with van der Waals surface area (Å²) < 4.78 is 25.1. The van der Waals surface area contributed by atoms with Crippen LogP contribution in [0.4, 0.5) is 4.39 Å². The molecule has 33 heavy (non-hydrogen) atoms. The molecule has 0 amide bonds. The lowest BCUT2D eigenvalue weighted by Gasteiger charge is -2.42. The Morgan fingerprint density at radius 2 is 1.85 bits per heavy atom. The number of ether oxygens (including phenoxy) is 2. The van der Waals surface area contributed by atoms with E-state index in [9.17, 15) is 14.6 Å². The third kappa shape index (κ3) is 5.89. The Morgan fingerprint density at radius 3 is 2.52 bits per heavy atom. The number of halogens is 1. The maximum atomic E-state index is 13.2. The van der Waals surface area contributed by atoms with Crippen LogP contribution < -0.4 is 0 Å². The van der Waals surface area contributed by atoms with Crippen LogP contribution in [0.15, 0.2) is 54.6 Å². The number of thiophene rings is 1. The van der Waals surface area contributed by atoms with Crippen molar-refractivity contribution in [2.45, 2.75) is 58.0 Å². The highest BCUT2D eigenvalue weighted by Gasteiger charge is 2.43. The van der Waals surface area contributed by atoms with Crippen LogP contribution in [0.2, 0.25) is 0 Å². The molecule has 6 heteroatoms. The van der Waals surface area contributed by atoms with Gasteiger partial charge in [0.2, 0.25) is 0 Å². The number of benzene rings is 2. The minimum absolute atomic E-state index is 0.164. The Hall–Kier alpha value is -2.09. The van der Waals surface area contributed by atoms with E-state index in [1.807, 2.05) is 26.0 Å². The van der Waals surface area contributed by atoms with Crippen LogP contribution >= 0.6 is 11.3 Å². The summed E-state index contributed by atoms with van der Waals surface area (Å²) in [5, 5.41) is 19.9. The number of methoxy groups -OCH3 is 1. The molecule has 2 heterocycles. The molecule has 0 aliphatic carbocycles. The quantitative estimate of drug-likeness (QED) is 0.475. The maximum Gasteiger partial charge on any atom is 0.197 e. The second-order valence-corrected chi connectivity index (χ2v) is 9.23. The van der Waals surface area contributed by atoms with Crippen molar-refractivity contribution >= 4 is 11.3 Å². The molecule has 2 N–H and O–H groups in total.